The average Bonchev–Trinajstić information content (AvgIpc) is 3.05. The maximum atomic E-state index is 12.5. The molecule has 3 rings (SSSR count). The van der Waals surface area contributed by atoms with E-state index in [4.69, 9.17) is 10.5 Å². The lowest BCUT2D eigenvalue weighted by atomic mass is 9.74. The molecule has 1 saturated carbocycles. The van der Waals surface area contributed by atoms with Crippen molar-refractivity contribution in [2.24, 2.45) is 5.73 Å². The maximum Gasteiger partial charge on any atom is 0.240 e. The Morgan fingerprint density at radius 3 is 2.83 bits per heavy atom. The van der Waals surface area contributed by atoms with Gasteiger partial charge in [-0.25, -0.2) is 4.68 Å². The lowest BCUT2D eigenvalue weighted by Crippen LogP contribution is -2.64. The van der Waals surface area contributed by atoms with Gasteiger partial charge >= 0.3 is 0 Å². The van der Waals surface area contributed by atoms with Crippen molar-refractivity contribution >= 4 is 5.91 Å². The van der Waals surface area contributed by atoms with Crippen molar-refractivity contribution in [3.8, 4) is 5.69 Å². The zero-order valence-electron chi connectivity index (χ0n) is 13.4. The standard InChI is InChI=1S/C17H22N4O2/c1-12(20-16(22)17(18)10-13(11-17)23-2)14-6-3-4-7-15(14)21-9-5-8-19-21/h3-9,12-13H,10-11,18H2,1-2H3,(H,20,22). The number of ether oxygens (including phenoxy) is 1. The maximum absolute atomic E-state index is 12.5. The molecule has 0 aliphatic heterocycles. The van der Waals surface area contributed by atoms with Gasteiger partial charge in [-0.2, -0.15) is 5.10 Å². The number of rotatable bonds is 5. The zero-order chi connectivity index (χ0) is 16.4. The van der Waals surface area contributed by atoms with Gasteiger partial charge in [-0.1, -0.05) is 18.2 Å². The minimum absolute atomic E-state index is 0.0809. The number of aromatic nitrogens is 2. The number of hydrogen-bond acceptors (Lipinski definition) is 4. The van der Waals surface area contributed by atoms with E-state index in [0.717, 1.165) is 11.3 Å². The summed E-state index contributed by atoms with van der Waals surface area (Å²) in [5, 5.41) is 7.29. The number of hydrogen-bond donors (Lipinski definition) is 2. The molecule has 1 fully saturated rings. The molecular weight excluding hydrogens is 292 g/mol. The summed E-state index contributed by atoms with van der Waals surface area (Å²) in [6, 6.07) is 9.58. The molecule has 1 heterocycles. The van der Waals surface area contributed by atoms with Gasteiger partial charge in [-0.15, -0.1) is 0 Å². The van der Waals surface area contributed by atoms with Crippen LogP contribution in [0.5, 0.6) is 0 Å². The molecule has 3 N–H and O–H groups in total. The monoisotopic (exact) mass is 314 g/mol. The second-order valence-electron chi connectivity index (χ2n) is 6.13. The molecule has 2 aromatic rings. The van der Waals surface area contributed by atoms with E-state index in [1.807, 2.05) is 43.5 Å². The molecule has 0 radical (unpaired) electrons. The molecule has 1 amide bonds. The second kappa shape index (κ2) is 6.14. The van der Waals surface area contributed by atoms with Gasteiger partial charge in [0.05, 0.1) is 17.8 Å². The van der Waals surface area contributed by atoms with Gasteiger partial charge in [-0.05, 0) is 24.6 Å². The van der Waals surface area contributed by atoms with Gasteiger partial charge in [0.1, 0.15) is 5.54 Å². The molecule has 122 valence electrons. The smallest absolute Gasteiger partial charge is 0.240 e. The quantitative estimate of drug-likeness (QED) is 0.877. The highest BCUT2D eigenvalue weighted by molar-refractivity contribution is 5.87. The number of carbonyl (C=O) groups excluding carboxylic acids is 1. The highest BCUT2D eigenvalue weighted by atomic mass is 16.5. The van der Waals surface area contributed by atoms with Gasteiger partial charge in [0.25, 0.3) is 0 Å². The van der Waals surface area contributed by atoms with Gasteiger partial charge in [0.2, 0.25) is 5.91 Å². The largest absolute Gasteiger partial charge is 0.381 e. The molecule has 1 unspecified atom stereocenters. The van der Waals surface area contributed by atoms with Crippen molar-refractivity contribution in [3.05, 3.63) is 48.3 Å². The number of para-hydroxylation sites is 1. The molecule has 0 spiro atoms. The normalized spacial score (nSPS) is 24.7. The van der Waals surface area contributed by atoms with Gasteiger partial charge in [0, 0.05) is 32.3 Å². The fourth-order valence-corrected chi connectivity index (χ4v) is 3.00. The van der Waals surface area contributed by atoms with Crippen LogP contribution in [0.3, 0.4) is 0 Å². The lowest BCUT2D eigenvalue weighted by Gasteiger charge is -2.42. The Bertz CT molecular complexity index is 678. The summed E-state index contributed by atoms with van der Waals surface area (Å²) >= 11 is 0. The van der Waals surface area contributed by atoms with Crippen molar-refractivity contribution in [1.29, 1.82) is 0 Å². The van der Waals surface area contributed by atoms with Crippen LogP contribution in [0.1, 0.15) is 31.4 Å². The van der Waals surface area contributed by atoms with Gasteiger partial charge < -0.3 is 15.8 Å². The molecule has 0 bridgehead atoms. The van der Waals surface area contributed by atoms with Crippen molar-refractivity contribution in [3.63, 3.8) is 0 Å². The molecule has 1 aliphatic rings. The molecule has 1 aromatic carbocycles. The summed E-state index contributed by atoms with van der Waals surface area (Å²) in [6.45, 7) is 1.95. The Kier molecular flexibility index (Phi) is 4.19. The first-order valence-electron chi connectivity index (χ1n) is 7.75. The first kappa shape index (κ1) is 15.7. The fraction of sp³-hybridized carbons (Fsp3) is 0.412. The number of nitrogens with zero attached hydrogens (tertiary/aromatic N) is 2. The number of methoxy groups -OCH3 is 1. The van der Waals surface area contributed by atoms with Crippen LogP contribution in [-0.4, -0.2) is 34.4 Å². The van der Waals surface area contributed by atoms with Crippen molar-refractivity contribution in [2.45, 2.75) is 37.5 Å². The van der Waals surface area contributed by atoms with E-state index in [0.29, 0.717) is 12.8 Å². The van der Waals surface area contributed by atoms with Gasteiger partial charge in [-0.3, -0.25) is 4.79 Å². The van der Waals surface area contributed by atoms with Crippen LogP contribution in [0, 0.1) is 0 Å². The number of carbonyl (C=O) groups is 1. The Morgan fingerprint density at radius 1 is 1.43 bits per heavy atom. The summed E-state index contributed by atoms with van der Waals surface area (Å²) in [7, 11) is 1.64. The molecule has 0 saturated heterocycles. The van der Waals surface area contributed by atoms with E-state index in [2.05, 4.69) is 10.4 Å². The third-order valence-electron chi connectivity index (χ3n) is 4.47. The van der Waals surface area contributed by atoms with E-state index in [-0.39, 0.29) is 18.1 Å². The Balaban J connectivity index is 1.74. The SMILES string of the molecule is COC1CC(N)(C(=O)NC(C)c2ccccc2-n2cccn2)C1. The zero-order valence-corrected chi connectivity index (χ0v) is 13.4. The molecule has 1 aromatic heterocycles. The Labute approximate surface area is 135 Å². The van der Waals surface area contributed by atoms with Crippen molar-refractivity contribution in [2.75, 3.05) is 7.11 Å². The number of amides is 1. The fourth-order valence-electron chi connectivity index (χ4n) is 3.00. The van der Waals surface area contributed by atoms with E-state index in [1.165, 1.54) is 0 Å². The van der Waals surface area contributed by atoms with Crippen LogP contribution in [0.4, 0.5) is 0 Å². The second-order valence-corrected chi connectivity index (χ2v) is 6.13. The lowest BCUT2D eigenvalue weighted by molar-refractivity contribution is -0.136. The Hall–Kier alpha value is -2.18. The third-order valence-corrected chi connectivity index (χ3v) is 4.47. The molecule has 23 heavy (non-hydrogen) atoms. The van der Waals surface area contributed by atoms with Crippen molar-refractivity contribution in [1.82, 2.24) is 15.1 Å². The summed E-state index contributed by atoms with van der Waals surface area (Å²) in [6.07, 6.45) is 4.81. The van der Waals surface area contributed by atoms with Crippen LogP contribution >= 0.6 is 0 Å². The van der Waals surface area contributed by atoms with Crippen molar-refractivity contribution < 1.29 is 9.53 Å². The summed E-state index contributed by atoms with van der Waals surface area (Å²) in [5.74, 6) is -0.131. The first-order chi connectivity index (χ1) is 11.0. The minimum atomic E-state index is -0.824. The highest BCUT2D eigenvalue weighted by Crippen LogP contribution is 2.33. The number of nitrogens with one attached hydrogen (secondary N) is 1. The minimum Gasteiger partial charge on any atom is -0.381 e. The number of benzene rings is 1. The van der Waals surface area contributed by atoms with Crippen LogP contribution < -0.4 is 11.1 Å². The average molecular weight is 314 g/mol. The van der Waals surface area contributed by atoms with Crippen LogP contribution in [0.15, 0.2) is 42.7 Å². The predicted octanol–water partition coefficient (Wildman–Crippen LogP) is 1.56. The van der Waals surface area contributed by atoms with Crippen LogP contribution in [-0.2, 0) is 9.53 Å². The molecule has 1 aliphatic carbocycles. The van der Waals surface area contributed by atoms with E-state index in [9.17, 15) is 4.79 Å². The van der Waals surface area contributed by atoms with E-state index >= 15 is 0 Å². The topological polar surface area (TPSA) is 82.2 Å². The first-order valence-corrected chi connectivity index (χ1v) is 7.75. The van der Waals surface area contributed by atoms with E-state index < -0.39 is 5.54 Å². The van der Waals surface area contributed by atoms with E-state index in [1.54, 1.807) is 18.0 Å². The highest BCUT2D eigenvalue weighted by Gasteiger charge is 2.47. The Morgan fingerprint density at radius 2 is 2.17 bits per heavy atom. The molecule has 1 atom stereocenters. The predicted molar refractivity (Wildman–Crippen MR) is 87.1 cm³/mol. The molecule has 6 nitrogen and oxygen atoms in total. The number of nitrogens with two attached hydrogens (primary N) is 1. The summed E-state index contributed by atoms with van der Waals surface area (Å²) < 4.78 is 7.01. The molecular formula is C17H22N4O2. The summed E-state index contributed by atoms with van der Waals surface area (Å²) in [4.78, 5) is 12.5. The van der Waals surface area contributed by atoms with Gasteiger partial charge in [0.15, 0.2) is 0 Å². The van der Waals surface area contributed by atoms with Crippen LogP contribution in [0.25, 0.3) is 5.69 Å². The molecule has 6 heteroatoms. The third kappa shape index (κ3) is 3.00. The summed E-state index contributed by atoms with van der Waals surface area (Å²) in [5.41, 5.74) is 7.28. The van der Waals surface area contributed by atoms with Crippen LogP contribution in [0.2, 0.25) is 0 Å².